The number of hydrogen-bond donors (Lipinski definition) is 1. The summed E-state index contributed by atoms with van der Waals surface area (Å²) in [5, 5.41) is 11.3. The molecule has 3 rings (SSSR count). The second-order valence-corrected chi connectivity index (χ2v) is 8.98. The molecule has 0 bridgehead atoms. The summed E-state index contributed by atoms with van der Waals surface area (Å²) < 4.78 is 16.6. The van der Waals surface area contributed by atoms with Gasteiger partial charge >= 0.3 is 0 Å². The van der Waals surface area contributed by atoms with E-state index in [0.717, 1.165) is 19.4 Å². The van der Waals surface area contributed by atoms with Gasteiger partial charge in [-0.1, -0.05) is 13.3 Å². The Bertz CT molecular complexity index is 1090. The second-order valence-electron chi connectivity index (χ2n) is 8.98. The van der Waals surface area contributed by atoms with E-state index in [1.54, 1.807) is 49.6 Å². The fraction of sp³-hybridized carbons (Fsp3) is 0.429. The predicted octanol–water partition coefficient (Wildman–Crippen LogP) is 4.26. The first-order chi connectivity index (χ1) is 17.3. The van der Waals surface area contributed by atoms with Gasteiger partial charge in [-0.2, -0.15) is 0 Å². The van der Waals surface area contributed by atoms with Crippen molar-refractivity contribution in [3.05, 3.63) is 59.2 Å². The number of ether oxygens (including phenoxy) is 3. The Morgan fingerprint density at radius 3 is 2.31 bits per heavy atom. The predicted molar refractivity (Wildman–Crippen MR) is 139 cm³/mol. The molecule has 2 aromatic rings. The fourth-order valence-electron chi connectivity index (χ4n) is 4.23. The number of benzene rings is 2. The highest BCUT2D eigenvalue weighted by atomic mass is 16.5. The number of methoxy groups -OCH3 is 2. The normalized spacial score (nSPS) is 17.1. The summed E-state index contributed by atoms with van der Waals surface area (Å²) >= 11 is 0. The molecule has 8 heteroatoms. The third-order valence-electron chi connectivity index (χ3n) is 6.17. The maximum atomic E-state index is 13.3. The molecule has 0 aromatic heterocycles. The quantitative estimate of drug-likeness (QED) is 0.203. The summed E-state index contributed by atoms with van der Waals surface area (Å²) in [6, 6.07) is 11.3. The molecule has 1 fully saturated rings. The summed E-state index contributed by atoms with van der Waals surface area (Å²) in [6.45, 7) is 3.80. The third kappa shape index (κ3) is 5.99. The molecular weight excluding hydrogens is 460 g/mol. The minimum Gasteiger partial charge on any atom is -0.507 e. The molecule has 1 N–H and O–H groups in total. The van der Waals surface area contributed by atoms with Gasteiger partial charge in [0.1, 0.15) is 23.0 Å². The maximum absolute atomic E-state index is 13.3. The number of Topliss-reactive ketones (excluding diaryl/α,β-unsaturated/α-hetero) is 1. The van der Waals surface area contributed by atoms with E-state index < -0.39 is 17.7 Å². The van der Waals surface area contributed by atoms with Crippen LogP contribution in [0.2, 0.25) is 0 Å². The molecule has 1 atom stereocenters. The summed E-state index contributed by atoms with van der Waals surface area (Å²) in [5.41, 5.74) is 1.07. The monoisotopic (exact) mass is 496 g/mol. The molecule has 0 radical (unpaired) electrons. The average molecular weight is 497 g/mol. The molecule has 1 saturated heterocycles. The van der Waals surface area contributed by atoms with Gasteiger partial charge in [-0.15, -0.1) is 0 Å². The lowest BCUT2D eigenvalue weighted by molar-refractivity contribution is -0.140. The van der Waals surface area contributed by atoms with Crippen LogP contribution in [0.25, 0.3) is 5.76 Å². The van der Waals surface area contributed by atoms with Gasteiger partial charge in [0.05, 0.1) is 32.4 Å². The van der Waals surface area contributed by atoms with Crippen molar-refractivity contribution in [2.45, 2.75) is 32.2 Å². The average Bonchev–Trinajstić information content (AvgIpc) is 3.13. The van der Waals surface area contributed by atoms with E-state index in [0.29, 0.717) is 47.9 Å². The number of unbranched alkanes of at least 4 members (excludes halogenated alkanes) is 1. The minimum absolute atomic E-state index is 0.0352. The standard InChI is InChI=1S/C28H36N2O6/c1-6-7-17-36-20-11-9-19(10-12-20)26(31)24-25(22-14-13-21(34-4)18-23(22)35-5)30(28(33)27(24)32)16-8-15-29(2)3/h9-14,18,25,31H,6-8,15-17H2,1-5H3/b26-24+/t25-/m0/s1. The number of hydrogen-bond acceptors (Lipinski definition) is 7. The van der Waals surface area contributed by atoms with Crippen molar-refractivity contribution in [3.63, 3.8) is 0 Å². The van der Waals surface area contributed by atoms with Crippen molar-refractivity contribution in [3.8, 4) is 17.2 Å². The van der Waals surface area contributed by atoms with Gasteiger partial charge in [0, 0.05) is 23.7 Å². The highest BCUT2D eigenvalue weighted by Gasteiger charge is 2.46. The molecule has 1 heterocycles. The molecule has 2 aromatic carbocycles. The van der Waals surface area contributed by atoms with Crippen LogP contribution in [0, 0.1) is 0 Å². The van der Waals surface area contributed by atoms with Crippen molar-refractivity contribution in [2.24, 2.45) is 0 Å². The number of carbonyl (C=O) groups excluding carboxylic acids is 2. The molecule has 0 aliphatic carbocycles. The number of ketones is 1. The highest BCUT2D eigenvalue weighted by molar-refractivity contribution is 6.46. The molecule has 1 aliphatic heterocycles. The lowest BCUT2D eigenvalue weighted by atomic mass is 9.94. The first-order valence-electron chi connectivity index (χ1n) is 12.2. The van der Waals surface area contributed by atoms with Crippen LogP contribution in [-0.4, -0.2) is 74.6 Å². The molecular formula is C28H36N2O6. The Balaban J connectivity index is 2.06. The number of aliphatic hydroxyl groups excluding tert-OH is 1. The Kier molecular flexibility index (Phi) is 9.36. The zero-order valence-corrected chi connectivity index (χ0v) is 21.7. The summed E-state index contributed by atoms with van der Waals surface area (Å²) in [6.07, 6.45) is 2.64. The van der Waals surface area contributed by atoms with Crippen molar-refractivity contribution in [1.29, 1.82) is 0 Å². The number of likely N-dealkylation sites (tertiary alicyclic amines) is 1. The number of carbonyl (C=O) groups is 2. The van der Waals surface area contributed by atoms with Crippen molar-refractivity contribution in [1.82, 2.24) is 9.80 Å². The molecule has 1 amide bonds. The molecule has 194 valence electrons. The van der Waals surface area contributed by atoms with Gasteiger partial charge in [0.25, 0.3) is 11.7 Å². The molecule has 8 nitrogen and oxygen atoms in total. The van der Waals surface area contributed by atoms with E-state index in [9.17, 15) is 14.7 Å². The number of aliphatic hydroxyl groups is 1. The van der Waals surface area contributed by atoms with Gasteiger partial charge in [0.15, 0.2) is 0 Å². The topological polar surface area (TPSA) is 88.5 Å². The summed E-state index contributed by atoms with van der Waals surface area (Å²) in [7, 11) is 6.98. The smallest absolute Gasteiger partial charge is 0.295 e. The van der Waals surface area contributed by atoms with Crippen LogP contribution in [0.15, 0.2) is 48.0 Å². The summed E-state index contributed by atoms with van der Waals surface area (Å²) in [5.74, 6) is 0.133. The van der Waals surface area contributed by atoms with Crippen LogP contribution >= 0.6 is 0 Å². The highest BCUT2D eigenvalue weighted by Crippen LogP contribution is 2.43. The van der Waals surface area contributed by atoms with Gasteiger partial charge in [-0.05, 0) is 69.9 Å². The van der Waals surface area contributed by atoms with Gasteiger partial charge in [-0.25, -0.2) is 0 Å². The van der Waals surface area contributed by atoms with Crippen molar-refractivity contribution < 1.29 is 28.9 Å². The van der Waals surface area contributed by atoms with E-state index >= 15 is 0 Å². The molecule has 36 heavy (non-hydrogen) atoms. The van der Waals surface area contributed by atoms with Crippen LogP contribution in [0.5, 0.6) is 17.2 Å². The van der Waals surface area contributed by atoms with Gasteiger partial charge in [0.2, 0.25) is 0 Å². The third-order valence-corrected chi connectivity index (χ3v) is 6.17. The van der Waals surface area contributed by atoms with Crippen LogP contribution < -0.4 is 14.2 Å². The maximum Gasteiger partial charge on any atom is 0.295 e. The Morgan fingerprint density at radius 2 is 1.69 bits per heavy atom. The minimum atomic E-state index is -0.798. The van der Waals surface area contributed by atoms with Crippen LogP contribution in [0.3, 0.4) is 0 Å². The van der Waals surface area contributed by atoms with Crippen LogP contribution in [0.1, 0.15) is 43.4 Å². The van der Waals surface area contributed by atoms with Gasteiger partial charge in [-0.3, -0.25) is 9.59 Å². The van der Waals surface area contributed by atoms with E-state index in [1.165, 1.54) is 12.0 Å². The van der Waals surface area contributed by atoms with Gasteiger partial charge < -0.3 is 29.1 Å². The largest absolute Gasteiger partial charge is 0.507 e. The lowest BCUT2D eigenvalue weighted by Crippen LogP contribution is -2.32. The van der Waals surface area contributed by atoms with Crippen LogP contribution in [0.4, 0.5) is 0 Å². The molecule has 0 saturated carbocycles. The second kappa shape index (κ2) is 12.4. The SMILES string of the molecule is CCCCOc1ccc(/C(O)=C2\C(=O)C(=O)N(CCCN(C)C)[C@H]2c2ccc(OC)cc2OC)cc1. The zero-order chi connectivity index (χ0) is 26.2. The molecule has 1 aliphatic rings. The van der Waals surface area contributed by atoms with E-state index in [4.69, 9.17) is 14.2 Å². The number of rotatable bonds is 12. The summed E-state index contributed by atoms with van der Waals surface area (Å²) in [4.78, 5) is 30.0. The van der Waals surface area contributed by atoms with E-state index in [1.807, 2.05) is 19.0 Å². The van der Waals surface area contributed by atoms with Crippen molar-refractivity contribution in [2.75, 3.05) is 48.0 Å². The van der Waals surface area contributed by atoms with E-state index in [-0.39, 0.29) is 11.3 Å². The Morgan fingerprint density at radius 1 is 1.00 bits per heavy atom. The lowest BCUT2D eigenvalue weighted by Gasteiger charge is -2.27. The van der Waals surface area contributed by atoms with E-state index in [2.05, 4.69) is 6.92 Å². The first kappa shape index (κ1) is 27.1. The number of nitrogens with zero attached hydrogens (tertiary/aromatic N) is 2. The Hall–Kier alpha value is -3.52. The first-order valence-corrected chi connectivity index (χ1v) is 12.2. The molecule has 0 spiro atoms. The van der Waals surface area contributed by atoms with Crippen LogP contribution in [-0.2, 0) is 9.59 Å². The van der Waals surface area contributed by atoms with Crippen molar-refractivity contribution >= 4 is 17.4 Å². The Labute approximate surface area is 213 Å². The molecule has 0 unspecified atom stereocenters. The zero-order valence-electron chi connectivity index (χ0n) is 21.7. The number of amides is 1. The fourth-order valence-corrected chi connectivity index (χ4v) is 4.23.